The highest BCUT2D eigenvalue weighted by Gasteiger charge is 2.24. The van der Waals surface area contributed by atoms with Crippen LogP contribution in [0.2, 0.25) is 0 Å². The molecule has 0 amide bonds. The van der Waals surface area contributed by atoms with Gasteiger partial charge in [0.05, 0.1) is 13.2 Å². The fourth-order valence-corrected chi connectivity index (χ4v) is 2.26. The number of rotatable bonds is 6. The van der Waals surface area contributed by atoms with Crippen molar-refractivity contribution in [3.8, 4) is 5.75 Å². The van der Waals surface area contributed by atoms with Gasteiger partial charge in [-0.3, -0.25) is 4.90 Å². The molecular weight excluding hydrogens is 237 g/mol. The fourth-order valence-electron chi connectivity index (χ4n) is 2.26. The number of aliphatic hydroxyl groups is 2. The van der Waals surface area contributed by atoms with Gasteiger partial charge in [-0.25, -0.2) is 4.39 Å². The normalized spacial score (nSPS) is 17.9. The fraction of sp³-hybridized carbons (Fsp3) is 0.538. The van der Waals surface area contributed by atoms with Gasteiger partial charge in [0.25, 0.3) is 0 Å². The smallest absolute Gasteiger partial charge is 0.123 e. The van der Waals surface area contributed by atoms with Crippen LogP contribution < -0.4 is 4.74 Å². The largest absolute Gasteiger partial charge is 0.488 e. The first-order chi connectivity index (χ1) is 8.72. The first-order valence-electron chi connectivity index (χ1n) is 6.12. The molecule has 0 radical (unpaired) electrons. The van der Waals surface area contributed by atoms with Crippen molar-refractivity contribution in [1.29, 1.82) is 0 Å². The lowest BCUT2D eigenvalue weighted by Gasteiger charge is -2.23. The Hall–Kier alpha value is -1.17. The minimum absolute atomic E-state index is 0.0418. The van der Waals surface area contributed by atoms with Gasteiger partial charge in [-0.15, -0.1) is 0 Å². The Bertz CT molecular complexity index is 394. The molecular formula is C13H18FNO3. The van der Waals surface area contributed by atoms with Crippen LogP contribution in [0.3, 0.4) is 0 Å². The van der Waals surface area contributed by atoms with Gasteiger partial charge in [-0.2, -0.15) is 0 Å². The lowest BCUT2D eigenvalue weighted by Crippen LogP contribution is -2.38. The van der Waals surface area contributed by atoms with Crippen LogP contribution in [0.25, 0.3) is 0 Å². The van der Waals surface area contributed by atoms with Gasteiger partial charge in [0, 0.05) is 31.6 Å². The van der Waals surface area contributed by atoms with E-state index < -0.39 is 0 Å². The van der Waals surface area contributed by atoms with Gasteiger partial charge in [0.15, 0.2) is 0 Å². The molecule has 2 rings (SSSR count). The first kappa shape index (κ1) is 13.3. The maximum Gasteiger partial charge on any atom is 0.123 e. The second-order valence-electron chi connectivity index (χ2n) is 4.44. The number of benzene rings is 1. The van der Waals surface area contributed by atoms with Crippen molar-refractivity contribution in [1.82, 2.24) is 4.90 Å². The van der Waals surface area contributed by atoms with Crippen molar-refractivity contribution in [2.75, 3.05) is 32.8 Å². The van der Waals surface area contributed by atoms with Crippen molar-refractivity contribution < 1.29 is 19.3 Å². The standard InChI is InChI=1S/C13H18FNO3/c14-11-1-2-13-10(7-11)8-12(18-13)9-15(3-5-16)4-6-17/h1-2,7,12,16-17H,3-6,8-9H2. The van der Waals surface area contributed by atoms with E-state index in [0.29, 0.717) is 26.1 Å². The zero-order valence-electron chi connectivity index (χ0n) is 10.2. The Labute approximate surface area is 106 Å². The van der Waals surface area contributed by atoms with E-state index in [2.05, 4.69) is 0 Å². The lowest BCUT2D eigenvalue weighted by atomic mass is 10.1. The molecule has 0 aliphatic carbocycles. The molecule has 1 atom stereocenters. The number of aliphatic hydroxyl groups excluding tert-OH is 2. The van der Waals surface area contributed by atoms with Crippen molar-refractivity contribution in [2.45, 2.75) is 12.5 Å². The van der Waals surface area contributed by atoms with Crippen molar-refractivity contribution >= 4 is 0 Å². The molecule has 0 spiro atoms. The summed E-state index contributed by atoms with van der Waals surface area (Å²) in [7, 11) is 0. The van der Waals surface area contributed by atoms with E-state index in [-0.39, 0.29) is 25.1 Å². The van der Waals surface area contributed by atoms with Gasteiger partial charge in [-0.05, 0) is 18.2 Å². The van der Waals surface area contributed by atoms with Crippen LogP contribution in [0.5, 0.6) is 5.75 Å². The highest BCUT2D eigenvalue weighted by atomic mass is 19.1. The monoisotopic (exact) mass is 255 g/mol. The highest BCUT2D eigenvalue weighted by molar-refractivity contribution is 5.37. The molecule has 1 heterocycles. The van der Waals surface area contributed by atoms with Crippen LogP contribution in [0, 0.1) is 5.82 Å². The third-order valence-corrected chi connectivity index (χ3v) is 3.06. The molecule has 18 heavy (non-hydrogen) atoms. The van der Waals surface area contributed by atoms with E-state index in [4.69, 9.17) is 14.9 Å². The molecule has 1 aliphatic heterocycles. The number of nitrogens with zero attached hydrogens (tertiary/aromatic N) is 1. The molecule has 4 nitrogen and oxygen atoms in total. The van der Waals surface area contributed by atoms with Crippen molar-refractivity contribution in [3.63, 3.8) is 0 Å². The summed E-state index contributed by atoms with van der Waals surface area (Å²) in [6.45, 7) is 1.73. The minimum Gasteiger partial charge on any atom is -0.488 e. The third-order valence-electron chi connectivity index (χ3n) is 3.06. The van der Waals surface area contributed by atoms with Crippen LogP contribution in [0.15, 0.2) is 18.2 Å². The molecule has 5 heteroatoms. The van der Waals surface area contributed by atoms with E-state index in [1.165, 1.54) is 12.1 Å². The van der Waals surface area contributed by atoms with Crippen LogP contribution in [0.4, 0.5) is 4.39 Å². The maximum atomic E-state index is 13.1. The van der Waals surface area contributed by atoms with Crippen LogP contribution in [-0.4, -0.2) is 54.1 Å². The molecule has 0 fully saturated rings. The summed E-state index contributed by atoms with van der Waals surface area (Å²) in [5, 5.41) is 17.9. The molecule has 1 unspecified atom stereocenters. The molecule has 0 saturated carbocycles. The number of ether oxygens (including phenoxy) is 1. The number of halogens is 1. The Morgan fingerprint density at radius 2 is 2.00 bits per heavy atom. The second kappa shape index (κ2) is 6.13. The number of hydrogen-bond acceptors (Lipinski definition) is 4. The summed E-state index contributed by atoms with van der Waals surface area (Å²) in [5.74, 6) is 0.481. The summed E-state index contributed by atoms with van der Waals surface area (Å²) >= 11 is 0. The maximum absolute atomic E-state index is 13.1. The molecule has 0 bridgehead atoms. The molecule has 0 aromatic heterocycles. The number of hydrogen-bond donors (Lipinski definition) is 2. The molecule has 1 aliphatic rings. The SMILES string of the molecule is OCCN(CCO)CC1Cc2cc(F)ccc2O1. The van der Waals surface area contributed by atoms with E-state index in [9.17, 15) is 4.39 Å². The molecule has 2 N–H and O–H groups in total. The summed E-state index contributed by atoms with van der Waals surface area (Å²) in [6.07, 6.45) is 0.625. The molecule has 1 aromatic rings. The van der Waals surface area contributed by atoms with Crippen molar-refractivity contribution in [2.24, 2.45) is 0 Å². The zero-order chi connectivity index (χ0) is 13.0. The Morgan fingerprint density at radius 1 is 1.28 bits per heavy atom. The summed E-state index contributed by atoms with van der Waals surface area (Å²) in [4.78, 5) is 1.94. The predicted octanol–water partition coefficient (Wildman–Crippen LogP) is 0.416. The molecule has 0 saturated heterocycles. The lowest BCUT2D eigenvalue weighted by molar-refractivity contribution is 0.111. The second-order valence-corrected chi connectivity index (χ2v) is 4.44. The van der Waals surface area contributed by atoms with Crippen LogP contribution in [-0.2, 0) is 6.42 Å². The van der Waals surface area contributed by atoms with Crippen molar-refractivity contribution in [3.05, 3.63) is 29.6 Å². The van der Waals surface area contributed by atoms with E-state index in [1.54, 1.807) is 6.07 Å². The third kappa shape index (κ3) is 3.19. The van der Waals surface area contributed by atoms with E-state index in [0.717, 1.165) is 11.3 Å². The Balaban J connectivity index is 1.93. The first-order valence-corrected chi connectivity index (χ1v) is 6.12. The Kier molecular flexibility index (Phi) is 4.52. The van der Waals surface area contributed by atoms with E-state index in [1.807, 2.05) is 4.90 Å². The Morgan fingerprint density at radius 3 is 2.67 bits per heavy atom. The van der Waals surface area contributed by atoms with Crippen LogP contribution >= 0.6 is 0 Å². The van der Waals surface area contributed by atoms with Gasteiger partial charge in [-0.1, -0.05) is 0 Å². The highest BCUT2D eigenvalue weighted by Crippen LogP contribution is 2.29. The molecule has 100 valence electrons. The topological polar surface area (TPSA) is 52.9 Å². The summed E-state index contributed by atoms with van der Waals surface area (Å²) in [6, 6.07) is 4.53. The molecule has 1 aromatic carbocycles. The average molecular weight is 255 g/mol. The van der Waals surface area contributed by atoms with Gasteiger partial charge in [0.2, 0.25) is 0 Å². The average Bonchev–Trinajstić information content (AvgIpc) is 2.71. The van der Waals surface area contributed by atoms with Gasteiger partial charge >= 0.3 is 0 Å². The summed E-state index contributed by atoms with van der Waals surface area (Å²) < 4.78 is 18.8. The van der Waals surface area contributed by atoms with Crippen LogP contribution in [0.1, 0.15) is 5.56 Å². The quantitative estimate of drug-likeness (QED) is 0.773. The van der Waals surface area contributed by atoms with Gasteiger partial charge < -0.3 is 14.9 Å². The predicted molar refractivity (Wildman–Crippen MR) is 65.1 cm³/mol. The van der Waals surface area contributed by atoms with E-state index >= 15 is 0 Å². The minimum atomic E-state index is -0.249. The zero-order valence-corrected chi connectivity index (χ0v) is 10.2. The van der Waals surface area contributed by atoms with Gasteiger partial charge in [0.1, 0.15) is 17.7 Å². The summed E-state index contributed by atoms with van der Waals surface area (Å²) in [5.41, 5.74) is 0.882. The number of fused-ring (bicyclic) bond motifs is 1.